The molecule has 1 aliphatic carbocycles. The Kier molecular flexibility index (Phi) is 5.23. The highest BCUT2D eigenvalue weighted by Gasteiger charge is 2.24. The maximum absolute atomic E-state index is 10.0. The third-order valence-electron chi connectivity index (χ3n) is 3.56. The molecule has 2 rings (SSSR count). The van der Waals surface area contributed by atoms with Crippen LogP contribution < -0.4 is 4.74 Å². The van der Waals surface area contributed by atoms with E-state index in [0.29, 0.717) is 13.2 Å². The van der Waals surface area contributed by atoms with Crippen molar-refractivity contribution in [3.63, 3.8) is 0 Å². The van der Waals surface area contributed by atoms with E-state index in [1.807, 2.05) is 31.2 Å². The van der Waals surface area contributed by atoms with Crippen molar-refractivity contribution in [2.45, 2.75) is 32.8 Å². The van der Waals surface area contributed by atoms with Crippen LogP contribution in [0.4, 0.5) is 0 Å². The van der Waals surface area contributed by atoms with Crippen LogP contribution in [0.25, 0.3) is 0 Å². The molecule has 19 heavy (non-hydrogen) atoms. The lowest BCUT2D eigenvalue weighted by atomic mass is 10.2. The standard InChI is InChI=1S/C16H25NO2/c1-3-17(10-14-7-8-14)11-15(18)12-19-16-6-4-5-13(2)9-16/h4-6,9,14-15,18H,3,7-8,10-12H2,1-2H3. The highest BCUT2D eigenvalue weighted by molar-refractivity contribution is 5.27. The zero-order valence-corrected chi connectivity index (χ0v) is 12.0. The van der Waals surface area contributed by atoms with Gasteiger partial charge in [0.15, 0.2) is 0 Å². The first-order valence-corrected chi connectivity index (χ1v) is 7.27. The van der Waals surface area contributed by atoms with E-state index in [4.69, 9.17) is 4.74 Å². The van der Waals surface area contributed by atoms with Gasteiger partial charge in [-0.1, -0.05) is 19.1 Å². The molecule has 0 amide bonds. The lowest BCUT2D eigenvalue weighted by Gasteiger charge is -2.23. The number of aliphatic hydroxyl groups is 1. The van der Waals surface area contributed by atoms with Gasteiger partial charge in [-0.15, -0.1) is 0 Å². The summed E-state index contributed by atoms with van der Waals surface area (Å²) in [6.07, 6.45) is 2.29. The average Bonchev–Trinajstić information content (AvgIpc) is 3.19. The largest absolute Gasteiger partial charge is 0.491 e. The van der Waals surface area contributed by atoms with Gasteiger partial charge in [0.1, 0.15) is 18.5 Å². The minimum atomic E-state index is -0.417. The number of hydrogen-bond acceptors (Lipinski definition) is 3. The molecule has 0 radical (unpaired) electrons. The molecule has 0 aromatic heterocycles. The molecule has 1 aromatic carbocycles. The van der Waals surface area contributed by atoms with Crippen LogP contribution in [0, 0.1) is 12.8 Å². The van der Waals surface area contributed by atoms with Crippen LogP contribution in [0.3, 0.4) is 0 Å². The van der Waals surface area contributed by atoms with Gasteiger partial charge in [-0.05, 0) is 49.9 Å². The van der Waals surface area contributed by atoms with Gasteiger partial charge in [0.05, 0.1) is 0 Å². The Morgan fingerprint density at radius 2 is 2.21 bits per heavy atom. The molecule has 106 valence electrons. The summed E-state index contributed by atoms with van der Waals surface area (Å²) in [7, 11) is 0. The Morgan fingerprint density at radius 3 is 2.84 bits per heavy atom. The van der Waals surface area contributed by atoms with E-state index < -0.39 is 6.10 Å². The van der Waals surface area contributed by atoms with Crippen molar-refractivity contribution in [1.29, 1.82) is 0 Å². The zero-order chi connectivity index (χ0) is 13.7. The molecule has 1 unspecified atom stereocenters. The normalized spacial score (nSPS) is 16.6. The van der Waals surface area contributed by atoms with Gasteiger partial charge in [-0.2, -0.15) is 0 Å². The van der Waals surface area contributed by atoms with E-state index in [0.717, 1.165) is 24.8 Å². The number of benzene rings is 1. The molecule has 0 aliphatic heterocycles. The van der Waals surface area contributed by atoms with Crippen molar-refractivity contribution in [3.05, 3.63) is 29.8 Å². The number of rotatable bonds is 8. The van der Waals surface area contributed by atoms with Crippen molar-refractivity contribution >= 4 is 0 Å². The maximum atomic E-state index is 10.0. The first-order valence-electron chi connectivity index (χ1n) is 7.27. The van der Waals surface area contributed by atoms with Crippen molar-refractivity contribution in [2.24, 2.45) is 5.92 Å². The minimum absolute atomic E-state index is 0.366. The van der Waals surface area contributed by atoms with E-state index >= 15 is 0 Å². The third-order valence-corrected chi connectivity index (χ3v) is 3.56. The van der Waals surface area contributed by atoms with E-state index in [-0.39, 0.29) is 0 Å². The second-order valence-corrected chi connectivity index (χ2v) is 5.58. The first kappa shape index (κ1) is 14.4. The fourth-order valence-corrected chi connectivity index (χ4v) is 2.25. The number of hydrogen-bond donors (Lipinski definition) is 1. The minimum Gasteiger partial charge on any atom is -0.491 e. The lowest BCUT2D eigenvalue weighted by Crippen LogP contribution is -2.36. The zero-order valence-electron chi connectivity index (χ0n) is 12.0. The summed E-state index contributed by atoms with van der Waals surface area (Å²) in [6, 6.07) is 7.94. The van der Waals surface area contributed by atoms with Gasteiger partial charge in [0.25, 0.3) is 0 Å². The van der Waals surface area contributed by atoms with Crippen LogP contribution in [0.15, 0.2) is 24.3 Å². The summed E-state index contributed by atoms with van der Waals surface area (Å²) < 4.78 is 5.64. The molecule has 1 saturated carbocycles. The van der Waals surface area contributed by atoms with Crippen LogP contribution >= 0.6 is 0 Å². The number of nitrogens with zero attached hydrogens (tertiary/aromatic N) is 1. The second kappa shape index (κ2) is 6.92. The van der Waals surface area contributed by atoms with Crippen molar-refractivity contribution < 1.29 is 9.84 Å². The first-order chi connectivity index (χ1) is 9.17. The van der Waals surface area contributed by atoms with Crippen LogP contribution in [0.2, 0.25) is 0 Å². The van der Waals surface area contributed by atoms with Gasteiger partial charge in [-0.25, -0.2) is 0 Å². The van der Waals surface area contributed by atoms with Gasteiger partial charge < -0.3 is 14.7 Å². The van der Waals surface area contributed by atoms with E-state index in [2.05, 4.69) is 11.8 Å². The van der Waals surface area contributed by atoms with Crippen molar-refractivity contribution in [2.75, 3.05) is 26.2 Å². The lowest BCUT2D eigenvalue weighted by molar-refractivity contribution is 0.0684. The fraction of sp³-hybridized carbons (Fsp3) is 0.625. The summed E-state index contributed by atoms with van der Waals surface area (Å²) >= 11 is 0. The number of aryl methyl sites for hydroxylation is 1. The summed E-state index contributed by atoms with van der Waals surface area (Å²) in [5.41, 5.74) is 1.18. The van der Waals surface area contributed by atoms with Crippen LogP contribution in [0.5, 0.6) is 5.75 Å². The van der Waals surface area contributed by atoms with Crippen molar-refractivity contribution in [1.82, 2.24) is 4.90 Å². The average molecular weight is 263 g/mol. The monoisotopic (exact) mass is 263 g/mol. The van der Waals surface area contributed by atoms with E-state index in [1.165, 1.54) is 18.4 Å². The predicted octanol–water partition coefficient (Wildman–Crippen LogP) is 2.47. The van der Waals surface area contributed by atoms with Gasteiger partial charge in [0, 0.05) is 13.1 Å². The summed E-state index contributed by atoms with van der Waals surface area (Å²) in [4.78, 5) is 2.32. The highest BCUT2D eigenvalue weighted by Crippen LogP contribution is 2.29. The van der Waals surface area contributed by atoms with Gasteiger partial charge in [0.2, 0.25) is 0 Å². The molecule has 1 aromatic rings. The molecule has 0 spiro atoms. The SMILES string of the molecule is CCN(CC(O)COc1cccc(C)c1)CC1CC1. The van der Waals surface area contributed by atoms with E-state index in [9.17, 15) is 5.11 Å². The molecular formula is C16H25NO2. The fourth-order valence-electron chi connectivity index (χ4n) is 2.25. The van der Waals surface area contributed by atoms with Crippen LogP contribution in [-0.4, -0.2) is 42.4 Å². The van der Waals surface area contributed by atoms with Gasteiger partial charge in [-0.3, -0.25) is 0 Å². The van der Waals surface area contributed by atoms with Crippen molar-refractivity contribution in [3.8, 4) is 5.75 Å². The summed E-state index contributed by atoms with van der Waals surface area (Å²) in [5.74, 6) is 1.70. The molecule has 0 heterocycles. The molecule has 1 N–H and O–H groups in total. The molecule has 0 bridgehead atoms. The molecular weight excluding hydrogens is 238 g/mol. The Labute approximate surface area is 116 Å². The molecule has 1 atom stereocenters. The Morgan fingerprint density at radius 1 is 1.42 bits per heavy atom. The topological polar surface area (TPSA) is 32.7 Å². The maximum Gasteiger partial charge on any atom is 0.119 e. The quantitative estimate of drug-likeness (QED) is 0.782. The van der Waals surface area contributed by atoms with Crippen LogP contribution in [-0.2, 0) is 0 Å². The van der Waals surface area contributed by atoms with E-state index in [1.54, 1.807) is 0 Å². The Balaban J connectivity index is 1.72. The molecule has 3 heteroatoms. The predicted molar refractivity (Wildman–Crippen MR) is 77.5 cm³/mol. The molecule has 0 saturated heterocycles. The number of ether oxygens (including phenoxy) is 1. The Hall–Kier alpha value is -1.06. The Bertz CT molecular complexity index is 390. The van der Waals surface area contributed by atoms with Crippen LogP contribution in [0.1, 0.15) is 25.3 Å². The summed E-state index contributed by atoms with van der Waals surface area (Å²) in [5, 5.41) is 10.0. The molecule has 3 nitrogen and oxygen atoms in total. The number of likely N-dealkylation sites (N-methyl/N-ethyl adjacent to an activating group) is 1. The highest BCUT2D eigenvalue weighted by atomic mass is 16.5. The van der Waals surface area contributed by atoms with Gasteiger partial charge >= 0.3 is 0 Å². The summed E-state index contributed by atoms with van der Waals surface area (Å²) in [6.45, 7) is 7.38. The second-order valence-electron chi connectivity index (χ2n) is 5.58. The molecule has 1 aliphatic rings. The smallest absolute Gasteiger partial charge is 0.119 e. The molecule has 1 fully saturated rings. The number of aliphatic hydroxyl groups excluding tert-OH is 1. The third kappa shape index (κ3) is 5.21.